The maximum absolute atomic E-state index is 5.32. The Balaban J connectivity index is 1.64. The zero-order chi connectivity index (χ0) is 9.64. The van der Waals surface area contributed by atoms with E-state index in [-0.39, 0.29) is 0 Å². The maximum atomic E-state index is 5.32. The quantitative estimate of drug-likeness (QED) is 0.665. The number of nitrogens with one attached hydrogen (secondary N) is 1. The molecule has 2 saturated heterocycles. The van der Waals surface area contributed by atoms with E-state index in [2.05, 4.69) is 22.4 Å². The lowest BCUT2D eigenvalue weighted by Crippen LogP contribution is -2.43. The Kier molecular flexibility index (Phi) is 3.98. The average Bonchev–Trinajstić information content (AvgIpc) is 2.72. The SMILES string of the molecule is C(=C/C1CCOC1)/CN1CCNCC1. The molecule has 0 bridgehead atoms. The highest BCUT2D eigenvalue weighted by Crippen LogP contribution is 2.13. The number of hydrogen-bond donors (Lipinski definition) is 1. The smallest absolute Gasteiger partial charge is 0.0529 e. The van der Waals surface area contributed by atoms with Gasteiger partial charge in [-0.3, -0.25) is 4.90 Å². The van der Waals surface area contributed by atoms with Crippen molar-refractivity contribution in [3.05, 3.63) is 12.2 Å². The molecule has 2 fully saturated rings. The Bertz CT molecular complexity index is 182. The van der Waals surface area contributed by atoms with E-state index < -0.39 is 0 Å². The molecule has 0 aromatic heterocycles. The predicted octanol–water partition coefficient (Wildman–Crippen LogP) is 0.484. The molecular weight excluding hydrogens is 176 g/mol. The van der Waals surface area contributed by atoms with Crippen LogP contribution in [0.3, 0.4) is 0 Å². The minimum Gasteiger partial charge on any atom is -0.381 e. The standard InChI is InChI=1S/C11H20N2O/c1(2-11-3-9-14-10-11)6-13-7-4-12-5-8-13/h1-2,11-12H,3-10H2/b2-1-. The zero-order valence-electron chi connectivity index (χ0n) is 8.74. The number of ether oxygens (including phenoxy) is 1. The van der Waals surface area contributed by atoms with E-state index in [1.807, 2.05) is 0 Å². The number of rotatable bonds is 3. The van der Waals surface area contributed by atoms with Crippen LogP contribution < -0.4 is 5.32 Å². The Morgan fingerprint density at radius 3 is 2.93 bits per heavy atom. The third-order valence-electron chi connectivity index (χ3n) is 2.95. The minimum absolute atomic E-state index is 0.679. The van der Waals surface area contributed by atoms with Crippen LogP contribution in [0.25, 0.3) is 0 Å². The van der Waals surface area contributed by atoms with Crippen molar-refractivity contribution in [1.29, 1.82) is 0 Å². The maximum Gasteiger partial charge on any atom is 0.0529 e. The summed E-state index contributed by atoms with van der Waals surface area (Å²) < 4.78 is 5.32. The predicted molar refractivity (Wildman–Crippen MR) is 57.4 cm³/mol. The minimum atomic E-state index is 0.679. The number of hydrogen-bond acceptors (Lipinski definition) is 3. The Labute approximate surface area is 86.1 Å². The molecule has 0 radical (unpaired) electrons. The normalized spacial score (nSPS) is 30.1. The second-order valence-electron chi connectivity index (χ2n) is 4.10. The summed E-state index contributed by atoms with van der Waals surface area (Å²) in [6.45, 7) is 7.64. The molecule has 3 heteroatoms. The molecule has 1 N–H and O–H groups in total. The van der Waals surface area contributed by atoms with Crippen LogP contribution in [-0.2, 0) is 4.74 Å². The molecule has 2 aliphatic heterocycles. The molecule has 14 heavy (non-hydrogen) atoms. The molecule has 0 amide bonds. The summed E-state index contributed by atoms with van der Waals surface area (Å²) in [5.74, 6) is 0.679. The fourth-order valence-electron chi connectivity index (χ4n) is 2.00. The summed E-state index contributed by atoms with van der Waals surface area (Å²) in [6.07, 6.45) is 5.84. The van der Waals surface area contributed by atoms with Crippen LogP contribution in [0.5, 0.6) is 0 Å². The molecule has 1 atom stereocenters. The van der Waals surface area contributed by atoms with Gasteiger partial charge in [0.25, 0.3) is 0 Å². The van der Waals surface area contributed by atoms with Crippen LogP contribution >= 0.6 is 0 Å². The van der Waals surface area contributed by atoms with Crippen LogP contribution in [0, 0.1) is 5.92 Å². The Morgan fingerprint density at radius 1 is 1.36 bits per heavy atom. The summed E-state index contributed by atoms with van der Waals surface area (Å²) in [5, 5.41) is 3.36. The van der Waals surface area contributed by atoms with Crippen molar-refractivity contribution in [1.82, 2.24) is 10.2 Å². The van der Waals surface area contributed by atoms with Gasteiger partial charge in [-0.05, 0) is 6.42 Å². The lowest BCUT2D eigenvalue weighted by Gasteiger charge is -2.25. The van der Waals surface area contributed by atoms with Gasteiger partial charge in [-0.2, -0.15) is 0 Å². The first-order chi connectivity index (χ1) is 6.95. The molecule has 0 aromatic rings. The van der Waals surface area contributed by atoms with E-state index in [1.165, 1.54) is 19.5 Å². The summed E-state index contributed by atoms with van der Waals surface area (Å²) in [4.78, 5) is 2.49. The van der Waals surface area contributed by atoms with Crippen LogP contribution in [0.1, 0.15) is 6.42 Å². The first kappa shape index (κ1) is 10.1. The lowest BCUT2D eigenvalue weighted by atomic mass is 10.1. The van der Waals surface area contributed by atoms with Crippen molar-refractivity contribution >= 4 is 0 Å². The summed E-state index contributed by atoms with van der Waals surface area (Å²) in [5.41, 5.74) is 0. The highest BCUT2D eigenvalue weighted by molar-refractivity contribution is 4.92. The van der Waals surface area contributed by atoms with E-state index in [0.29, 0.717) is 5.92 Å². The molecule has 2 rings (SSSR count). The third-order valence-corrected chi connectivity index (χ3v) is 2.95. The van der Waals surface area contributed by atoms with Gasteiger partial charge in [0.1, 0.15) is 0 Å². The van der Waals surface area contributed by atoms with Crippen LogP contribution in [0.15, 0.2) is 12.2 Å². The fourth-order valence-corrected chi connectivity index (χ4v) is 2.00. The highest BCUT2D eigenvalue weighted by Gasteiger charge is 2.12. The van der Waals surface area contributed by atoms with Gasteiger partial charge in [0.15, 0.2) is 0 Å². The van der Waals surface area contributed by atoms with Gasteiger partial charge >= 0.3 is 0 Å². The number of nitrogens with zero attached hydrogens (tertiary/aromatic N) is 1. The van der Waals surface area contributed by atoms with Crippen molar-refractivity contribution in [3.63, 3.8) is 0 Å². The molecule has 3 nitrogen and oxygen atoms in total. The topological polar surface area (TPSA) is 24.5 Å². The van der Waals surface area contributed by atoms with Gasteiger partial charge in [-0.15, -0.1) is 0 Å². The fraction of sp³-hybridized carbons (Fsp3) is 0.818. The summed E-state index contributed by atoms with van der Waals surface area (Å²) in [6, 6.07) is 0. The van der Waals surface area contributed by atoms with Crippen LogP contribution in [0.4, 0.5) is 0 Å². The Morgan fingerprint density at radius 2 is 2.21 bits per heavy atom. The first-order valence-electron chi connectivity index (χ1n) is 5.62. The van der Waals surface area contributed by atoms with E-state index in [9.17, 15) is 0 Å². The van der Waals surface area contributed by atoms with Crippen molar-refractivity contribution < 1.29 is 4.74 Å². The lowest BCUT2D eigenvalue weighted by molar-refractivity contribution is 0.191. The van der Waals surface area contributed by atoms with Crippen molar-refractivity contribution in [2.45, 2.75) is 6.42 Å². The molecule has 0 aromatic carbocycles. The van der Waals surface area contributed by atoms with Crippen LogP contribution in [0.2, 0.25) is 0 Å². The number of piperazine rings is 1. The van der Waals surface area contributed by atoms with E-state index in [4.69, 9.17) is 4.74 Å². The van der Waals surface area contributed by atoms with Gasteiger partial charge in [0, 0.05) is 45.2 Å². The van der Waals surface area contributed by atoms with E-state index in [0.717, 1.165) is 32.8 Å². The zero-order valence-corrected chi connectivity index (χ0v) is 8.74. The van der Waals surface area contributed by atoms with Gasteiger partial charge in [-0.1, -0.05) is 12.2 Å². The van der Waals surface area contributed by atoms with Crippen LogP contribution in [-0.4, -0.2) is 50.8 Å². The molecule has 1 unspecified atom stereocenters. The average molecular weight is 196 g/mol. The first-order valence-corrected chi connectivity index (χ1v) is 5.62. The largest absolute Gasteiger partial charge is 0.381 e. The van der Waals surface area contributed by atoms with Gasteiger partial charge < -0.3 is 10.1 Å². The second-order valence-corrected chi connectivity index (χ2v) is 4.10. The molecule has 0 saturated carbocycles. The second kappa shape index (κ2) is 5.49. The molecule has 0 aliphatic carbocycles. The third kappa shape index (κ3) is 3.08. The molecule has 2 heterocycles. The van der Waals surface area contributed by atoms with E-state index in [1.54, 1.807) is 0 Å². The molecule has 2 aliphatic rings. The highest BCUT2D eigenvalue weighted by atomic mass is 16.5. The molecular formula is C11H20N2O. The van der Waals surface area contributed by atoms with Crippen molar-refractivity contribution in [3.8, 4) is 0 Å². The summed E-state index contributed by atoms with van der Waals surface area (Å²) in [7, 11) is 0. The summed E-state index contributed by atoms with van der Waals surface area (Å²) >= 11 is 0. The van der Waals surface area contributed by atoms with E-state index >= 15 is 0 Å². The Hall–Kier alpha value is -0.380. The van der Waals surface area contributed by atoms with Gasteiger partial charge in [0.2, 0.25) is 0 Å². The molecule has 0 spiro atoms. The van der Waals surface area contributed by atoms with Crippen molar-refractivity contribution in [2.24, 2.45) is 5.92 Å². The van der Waals surface area contributed by atoms with Crippen molar-refractivity contribution in [2.75, 3.05) is 45.9 Å². The monoisotopic (exact) mass is 196 g/mol. The molecule has 80 valence electrons. The van der Waals surface area contributed by atoms with Gasteiger partial charge in [0.05, 0.1) is 6.61 Å². The van der Waals surface area contributed by atoms with Gasteiger partial charge in [-0.25, -0.2) is 0 Å².